The van der Waals surface area contributed by atoms with Crippen molar-refractivity contribution in [2.45, 2.75) is 6.92 Å². The van der Waals surface area contributed by atoms with E-state index in [1.165, 1.54) is 7.11 Å². The number of hydrogen-bond donors (Lipinski definition) is 0. The standard InChI is InChI=1S/C8H11NO2/c1-6-4-9(2)5-7(11-3)8(6)10/h4-5H,1-3H3. The van der Waals surface area contributed by atoms with Gasteiger partial charge < -0.3 is 9.30 Å². The highest BCUT2D eigenvalue weighted by Gasteiger charge is 2.01. The fourth-order valence-electron chi connectivity index (χ4n) is 0.985. The van der Waals surface area contributed by atoms with Crippen LogP contribution in [0.15, 0.2) is 17.2 Å². The van der Waals surface area contributed by atoms with E-state index >= 15 is 0 Å². The number of rotatable bonds is 1. The van der Waals surface area contributed by atoms with E-state index in [2.05, 4.69) is 0 Å². The van der Waals surface area contributed by atoms with E-state index in [9.17, 15) is 4.79 Å². The maximum atomic E-state index is 11.2. The third-order valence-corrected chi connectivity index (χ3v) is 1.52. The molecule has 1 rings (SSSR count). The van der Waals surface area contributed by atoms with Crippen molar-refractivity contribution in [2.24, 2.45) is 7.05 Å². The molecule has 0 aliphatic carbocycles. The van der Waals surface area contributed by atoms with Crippen LogP contribution in [0.2, 0.25) is 0 Å². The molecule has 0 saturated carbocycles. The number of methoxy groups -OCH3 is 1. The molecule has 0 saturated heterocycles. The zero-order valence-corrected chi connectivity index (χ0v) is 6.92. The predicted molar refractivity (Wildman–Crippen MR) is 43.0 cm³/mol. The molecule has 0 N–H and O–H groups in total. The highest BCUT2D eigenvalue weighted by molar-refractivity contribution is 5.23. The van der Waals surface area contributed by atoms with Gasteiger partial charge in [-0.05, 0) is 6.92 Å². The van der Waals surface area contributed by atoms with Crippen molar-refractivity contribution in [1.29, 1.82) is 0 Å². The third kappa shape index (κ3) is 1.42. The normalized spacial score (nSPS) is 9.73. The van der Waals surface area contributed by atoms with Gasteiger partial charge >= 0.3 is 0 Å². The monoisotopic (exact) mass is 153 g/mol. The molecule has 3 heteroatoms. The SMILES string of the molecule is COc1cn(C)cc(C)c1=O. The van der Waals surface area contributed by atoms with Crippen LogP contribution in [-0.2, 0) is 7.05 Å². The Hall–Kier alpha value is -1.25. The molecule has 3 nitrogen and oxygen atoms in total. The topological polar surface area (TPSA) is 31.2 Å². The molecule has 0 bridgehead atoms. The number of ether oxygens (including phenoxy) is 1. The summed E-state index contributed by atoms with van der Waals surface area (Å²) in [4.78, 5) is 11.2. The zero-order chi connectivity index (χ0) is 8.43. The first kappa shape index (κ1) is 7.85. The Morgan fingerprint density at radius 3 is 2.64 bits per heavy atom. The molecule has 1 aromatic rings. The van der Waals surface area contributed by atoms with Crippen LogP contribution in [0.1, 0.15) is 5.56 Å². The van der Waals surface area contributed by atoms with Crippen molar-refractivity contribution in [3.8, 4) is 5.75 Å². The second kappa shape index (κ2) is 2.78. The van der Waals surface area contributed by atoms with E-state index < -0.39 is 0 Å². The molecule has 0 atom stereocenters. The van der Waals surface area contributed by atoms with E-state index in [1.807, 2.05) is 7.05 Å². The number of nitrogens with zero attached hydrogens (tertiary/aromatic N) is 1. The van der Waals surface area contributed by atoms with Gasteiger partial charge in [-0.3, -0.25) is 4.79 Å². The molecule has 0 radical (unpaired) electrons. The zero-order valence-electron chi connectivity index (χ0n) is 6.92. The Kier molecular flexibility index (Phi) is 1.98. The van der Waals surface area contributed by atoms with Crippen molar-refractivity contribution in [3.63, 3.8) is 0 Å². The fourth-order valence-corrected chi connectivity index (χ4v) is 0.985. The number of aryl methyl sites for hydroxylation is 2. The van der Waals surface area contributed by atoms with E-state index in [-0.39, 0.29) is 5.43 Å². The van der Waals surface area contributed by atoms with Gasteiger partial charge in [-0.1, -0.05) is 0 Å². The lowest BCUT2D eigenvalue weighted by Gasteiger charge is -2.03. The Balaban J connectivity index is 3.37. The smallest absolute Gasteiger partial charge is 0.226 e. The van der Waals surface area contributed by atoms with Gasteiger partial charge in [-0.2, -0.15) is 0 Å². The predicted octanol–water partition coefficient (Wildman–Crippen LogP) is 0.702. The third-order valence-electron chi connectivity index (χ3n) is 1.52. The highest BCUT2D eigenvalue weighted by Crippen LogP contribution is 2.02. The summed E-state index contributed by atoms with van der Waals surface area (Å²) in [5.74, 6) is 0.396. The van der Waals surface area contributed by atoms with Gasteiger partial charge in [0.1, 0.15) is 0 Å². The largest absolute Gasteiger partial charge is 0.491 e. The van der Waals surface area contributed by atoms with Gasteiger partial charge in [-0.25, -0.2) is 0 Å². The minimum Gasteiger partial charge on any atom is -0.491 e. The summed E-state index contributed by atoms with van der Waals surface area (Å²) < 4.78 is 6.67. The molecule has 60 valence electrons. The van der Waals surface area contributed by atoms with Crippen LogP contribution in [0.3, 0.4) is 0 Å². The summed E-state index contributed by atoms with van der Waals surface area (Å²) >= 11 is 0. The lowest BCUT2D eigenvalue weighted by Crippen LogP contribution is -2.11. The van der Waals surface area contributed by atoms with E-state index in [1.54, 1.807) is 23.9 Å². The minimum atomic E-state index is -0.0365. The van der Waals surface area contributed by atoms with Crippen LogP contribution in [0, 0.1) is 6.92 Å². The Morgan fingerprint density at radius 1 is 1.45 bits per heavy atom. The molecule has 0 unspecified atom stereocenters. The molecule has 0 aromatic carbocycles. The molecule has 0 aliphatic rings. The maximum Gasteiger partial charge on any atom is 0.226 e. The molecular weight excluding hydrogens is 142 g/mol. The Labute approximate surface area is 65.2 Å². The van der Waals surface area contributed by atoms with Gasteiger partial charge in [0.25, 0.3) is 0 Å². The maximum absolute atomic E-state index is 11.2. The summed E-state index contributed by atoms with van der Waals surface area (Å²) in [7, 11) is 3.35. The van der Waals surface area contributed by atoms with Gasteiger partial charge in [0.2, 0.25) is 5.43 Å². The van der Waals surface area contributed by atoms with Crippen molar-refractivity contribution in [1.82, 2.24) is 4.57 Å². The van der Waals surface area contributed by atoms with Gasteiger partial charge in [-0.15, -0.1) is 0 Å². The Bertz CT molecular complexity index is 314. The van der Waals surface area contributed by atoms with Crippen LogP contribution in [0.4, 0.5) is 0 Å². The van der Waals surface area contributed by atoms with E-state index in [0.29, 0.717) is 11.3 Å². The van der Waals surface area contributed by atoms with Gasteiger partial charge in [0.05, 0.1) is 7.11 Å². The van der Waals surface area contributed by atoms with Crippen LogP contribution in [0.5, 0.6) is 5.75 Å². The van der Waals surface area contributed by atoms with Crippen LogP contribution < -0.4 is 10.2 Å². The van der Waals surface area contributed by atoms with Crippen molar-refractivity contribution >= 4 is 0 Å². The van der Waals surface area contributed by atoms with Crippen molar-refractivity contribution in [3.05, 3.63) is 28.2 Å². The van der Waals surface area contributed by atoms with Crippen LogP contribution in [0.25, 0.3) is 0 Å². The lowest BCUT2D eigenvalue weighted by molar-refractivity contribution is 0.406. The number of aromatic nitrogens is 1. The second-order valence-electron chi connectivity index (χ2n) is 2.50. The highest BCUT2D eigenvalue weighted by atomic mass is 16.5. The van der Waals surface area contributed by atoms with E-state index in [0.717, 1.165) is 0 Å². The van der Waals surface area contributed by atoms with Crippen molar-refractivity contribution in [2.75, 3.05) is 7.11 Å². The van der Waals surface area contributed by atoms with Crippen molar-refractivity contribution < 1.29 is 4.74 Å². The average Bonchev–Trinajstić information content (AvgIpc) is 1.96. The Morgan fingerprint density at radius 2 is 2.09 bits per heavy atom. The lowest BCUT2D eigenvalue weighted by atomic mass is 10.3. The molecular formula is C8H11NO2. The summed E-state index contributed by atoms with van der Waals surface area (Å²) in [5, 5.41) is 0. The van der Waals surface area contributed by atoms with Gasteiger partial charge in [0, 0.05) is 25.0 Å². The molecule has 1 aromatic heterocycles. The quantitative estimate of drug-likeness (QED) is 0.594. The summed E-state index contributed by atoms with van der Waals surface area (Å²) in [6.45, 7) is 1.77. The van der Waals surface area contributed by atoms with E-state index in [4.69, 9.17) is 4.74 Å². The molecule has 0 amide bonds. The minimum absolute atomic E-state index is 0.0365. The first-order valence-electron chi connectivity index (χ1n) is 3.36. The molecule has 11 heavy (non-hydrogen) atoms. The fraction of sp³-hybridized carbons (Fsp3) is 0.375. The first-order chi connectivity index (χ1) is 5.15. The molecule has 0 aliphatic heterocycles. The molecule has 1 heterocycles. The first-order valence-corrected chi connectivity index (χ1v) is 3.36. The molecule has 0 fully saturated rings. The van der Waals surface area contributed by atoms with Crippen LogP contribution >= 0.6 is 0 Å². The summed E-state index contributed by atoms with van der Waals surface area (Å²) in [6, 6.07) is 0. The van der Waals surface area contributed by atoms with Gasteiger partial charge in [0.15, 0.2) is 5.75 Å². The summed E-state index contributed by atoms with van der Waals surface area (Å²) in [6.07, 6.45) is 3.43. The molecule has 0 spiro atoms. The second-order valence-corrected chi connectivity index (χ2v) is 2.50. The number of pyridine rings is 1. The van der Waals surface area contributed by atoms with Crippen LogP contribution in [-0.4, -0.2) is 11.7 Å². The summed E-state index contributed by atoms with van der Waals surface area (Å²) in [5.41, 5.74) is 0.664. The average molecular weight is 153 g/mol. The number of hydrogen-bond acceptors (Lipinski definition) is 2.